The molecule has 209 valence electrons. The fraction of sp³-hybridized carbons (Fsp3) is 0.528. The van der Waals surface area contributed by atoms with Crippen LogP contribution in [-0.2, 0) is 37.0 Å². The zero-order valence-corrected chi connectivity index (χ0v) is 30.2. The smallest absolute Gasteiger partial charge is 1.00 e. The van der Waals surface area contributed by atoms with Gasteiger partial charge in [0, 0.05) is 5.92 Å². The summed E-state index contributed by atoms with van der Waals surface area (Å²) in [5.74, 6) is 0.391. The minimum absolute atomic E-state index is 0. The van der Waals surface area contributed by atoms with Crippen LogP contribution >= 0.6 is 0 Å². The Hall–Kier alpha value is -0.747. The van der Waals surface area contributed by atoms with Crippen LogP contribution in [0, 0.1) is 31.1 Å². The molecule has 0 aliphatic heterocycles. The molecule has 0 nitrogen and oxygen atoms in total. The molecule has 0 fully saturated rings. The minimum Gasteiger partial charge on any atom is -1.00 e. The maximum absolute atomic E-state index is 2.59. The molecule has 1 radical (unpaired) electrons. The van der Waals surface area contributed by atoms with Gasteiger partial charge in [-0.25, -0.2) is 12.0 Å². The Labute approximate surface area is 270 Å². The molecule has 2 aromatic carbocycles. The van der Waals surface area contributed by atoms with E-state index in [1.807, 2.05) is 0 Å². The van der Waals surface area contributed by atoms with Crippen molar-refractivity contribution in [2.75, 3.05) is 0 Å². The number of hydrogen-bond donors (Lipinski definition) is 0. The van der Waals surface area contributed by atoms with Crippen molar-refractivity contribution in [1.82, 2.24) is 0 Å². The first-order valence-electron chi connectivity index (χ1n) is 14.0. The summed E-state index contributed by atoms with van der Waals surface area (Å²) in [4.78, 5) is 0. The molecule has 0 heterocycles. The number of benzene rings is 2. The SMILES string of the molecule is Cc1cc2c(cc1C(C)(C)C)-c1cc(C(C)(C)C)c(C)cc1C2C1(C)C[CH-]C2=C1C=C(C(C)(C)C)C2.[Cl-].[Cl-].[Zr+3]. The summed E-state index contributed by atoms with van der Waals surface area (Å²) in [6.45, 7) is 28.4. The first kappa shape index (κ1) is 34.5. The van der Waals surface area contributed by atoms with E-state index in [2.05, 4.69) is 120 Å². The average molecular weight is 642 g/mol. The summed E-state index contributed by atoms with van der Waals surface area (Å²) in [7, 11) is 0. The molecule has 5 rings (SSSR count). The molecule has 0 saturated heterocycles. The van der Waals surface area contributed by atoms with Crippen molar-refractivity contribution in [3.05, 3.63) is 86.9 Å². The molecule has 3 aliphatic carbocycles. The summed E-state index contributed by atoms with van der Waals surface area (Å²) in [6.07, 6.45) is 7.42. The fourth-order valence-corrected chi connectivity index (χ4v) is 7.41. The van der Waals surface area contributed by atoms with Crippen molar-refractivity contribution in [1.29, 1.82) is 0 Å². The van der Waals surface area contributed by atoms with Crippen molar-refractivity contribution in [2.24, 2.45) is 10.8 Å². The van der Waals surface area contributed by atoms with Gasteiger partial charge in [0.25, 0.3) is 0 Å². The molecule has 39 heavy (non-hydrogen) atoms. The maximum Gasteiger partial charge on any atom is 3.00 e. The van der Waals surface area contributed by atoms with Crippen LogP contribution in [0.1, 0.15) is 121 Å². The molecule has 2 aromatic rings. The molecule has 0 amide bonds. The third-order valence-electron chi connectivity index (χ3n) is 9.35. The predicted octanol–water partition coefficient (Wildman–Crippen LogP) is 4.30. The number of allylic oxidation sites excluding steroid dienone is 4. The standard InChI is InChI=1S/C36H47.2ClH.Zr/c1-21-15-27-25(19-29(21)34(6,7)8)26-20-30(35(9,10)11)22(2)16-28(26)32(27)36(12)14-13-23-17-24(18-31(23)36)33(3,4)5;;;/h13,15-16,18-20,32H,14,17H2,1-12H3;2*1H;/q-1;;;+3/p-2. The topological polar surface area (TPSA) is 0 Å². The summed E-state index contributed by atoms with van der Waals surface area (Å²) in [5, 5.41) is 0. The van der Waals surface area contributed by atoms with Gasteiger partial charge in [-0.2, -0.15) is 5.57 Å². The summed E-state index contributed by atoms with van der Waals surface area (Å²) >= 11 is 0. The summed E-state index contributed by atoms with van der Waals surface area (Å²) in [6, 6.07) is 10.2. The molecule has 3 heteroatoms. The normalized spacial score (nSPS) is 20.3. The van der Waals surface area contributed by atoms with Gasteiger partial charge >= 0.3 is 26.2 Å². The van der Waals surface area contributed by atoms with E-state index in [0.29, 0.717) is 5.92 Å². The van der Waals surface area contributed by atoms with E-state index < -0.39 is 0 Å². The van der Waals surface area contributed by atoms with Gasteiger partial charge < -0.3 is 24.8 Å². The molecular weight excluding hydrogens is 595 g/mol. The van der Waals surface area contributed by atoms with Gasteiger partial charge in [0.05, 0.1) is 0 Å². The summed E-state index contributed by atoms with van der Waals surface area (Å²) < 4.78 is 0. The van der Waals surface area contributed by atoms with E-state index >= 15 is 0 Å². The van der Waals surface area contributed by atoms with Gasteiger partial charge in [0.2, 0.25) is 0 Å². The van der Waals surface area contributed by atoms with Crippen LogP contribution in [0.25, 0.3) is 11.1 Å². The van der Waals surface area contributed by atoms with E-state index in [0.717, 1.165) is 12.8 Å². The molecule has 0 bridgehead atoms. The molecule has 0 spiro atoms. The zero-order valence-electron chi connectivity index (χ0n) is 26.2. The van der Waals surface area contributed by atoms with Gasteiger partial charge in [-0.15, -0.1) is 12.5 Å². The molecule has 0 N–H and O–H groups in total. The van der Waals surface area contributed by atoms with E-state index in [-0.39, 0.29) is 72.7 Å². The van der Waals surface area contributed by atoms with Crippen LogP contribution in [-0.4, -0.2) is 0 Å². The first-order chi connectivity index (χ1) is 16.4. The predicted molar refractivity (Wildman–Crippen MR) is 157 cm³/mol. The Bertz CT molecular complexity index is 1270. The van der Waals surface area contributed by atoms with Gasteiger partial charge in [-0.3, -0.25) is 0 Å². The fourth-order valence-electron chi connectivity index (χ4n) is 7.41. The second-order valence-electron chi connectivity index (χ2n) is 15.3. The van der Waals surface area contributed by atoms with E-state index in [1.54, 1.807) is 27.8 Å². The molecule has 3 aliphatic rings. The third kappa shape index (κ3) is 5.56. The number of fused-ring (bicyclic) bond motifs is 3. The van der Waals surface area contributed by atoms with E-state index in [1.165, 1.54) is 33.4 Å². The van der Waals surface area contributed by atoms with E-state index in [9.17, 15) is 0 Å². The Balaban J connectivity index is 0.00000178. The molecule has 1 atom stereocenters. The third-order valence-corrected chi connectivity index (χ3v) is 9.35. The van der Waals surface area contributed by atoms with Crippen molar-refractivity contribution in [3.8, 4) is 11.1 Å². The Morgan fingerprint density at radius 1 is 0.718 bits per heavy atom. The van der Waals surface area contributed by atoms with Crippen molar-refractivity contribution in [2.45, 2.75) is 113 Å². The molecular formula is C36H47Cl2Zr. The zero-order chi connectivity index (χ0) is 26.6. The molecule has 0 saturated carbocycles. The Morgan fingerprint density at radius 3 is 1.54 bits per heavy atom. The Kier molecular flexibility index (Phi) is 9.56. The van der Waals surface area contributed by atoms with Gasteiger partial charge in [-0.05, 0) is 81.0 Å². The second kappa shape index (κ2) is 10.8. The summed E-state index contributed by atoms with van der Waals surface area (Å²) in [5.41, 5.74) is 17.2. The van der Waals surface area contributed by atoms with Gasteiger partial charge in [0.15, 0.2) is 0 Å². The van der Waals surface area contributed by atoms with Crippen molar-refractivity contribution >= 4 is 0 Å². The van der Waals surface area contributed by atoms with Crippen LogP contribution in [0.2, 0.25) is 0 Å². The van der Waals surface area contributed by atoms with Gasteiger partial charge in [-0.1, -0.05) is 104 Å². The number of aryl methyl sites for hydroxylation is 2. The maximum atomic E-state index is 2.59. The minimum atomic E-state index is 0. The monoisotopic (exact) mass is 639 g/mol. The second-order valence-corrected chi connectivity index (χ2v) is 15.3. The van der Waals surface area contributed by atoms with E-state index in [4.69, 9.17) is 0 Å². The molecule has 0 aromatic heterocycles. The number of hydrogen-bond acceptors (Lipinski definition) is 0. The Morgan fingerprint density at radius 2 is 1.15 bits per heavy atom. The quantitative estimate of drug-likeness (QED) is 0.408. The largest absolute Gasteiger partial charge is 3.00 e. The van der Waals surface area contributed by atoms with Crippen molar-refractivity contribution in [3.63, 3.8) is 0 Å². The van der Waals surface area contributed by atoms with Crippen LogP contribution in [0.5, 0.6) is 0 Å². The first-order valence-corrected chi connectivity index (χ1v) is 14.0. The van der Waals surface area contributed by atoms with Crippen LogP contribution in [0.15, 0.2) is 47.1 Å². The van der Waals surface area contributed by atoms with Crippen LogP contribution < -0.4 is 24.8 Å². The van der Waals surface area contributed by atoms with Crippen LogP contribution in [0.4, 0.5) is 0 Å². The van der Waals surface area contributed by atoms with Crippen molar-refractivity contribution < 1.29 is 51.0 Å². The number of halogens is 2. The van der Waals surface area contributed by atoms with Gasteiger partial charge in [0.1, 0.15) is 0 Å². The number of rotatable bonds is 1. The average Bonchev–Trinajstić information content (AvgIpc) is 3.36. The molecule has 1 unspecified atom stereocenters. The van der Waals surface area contributed by atoms with Crippen LogP contribution in [0.3, 0.4) is 0 Å².